The van der Waals surface area contributed by atoms with Crippen LogP contribution in [0.4, 0.5) is 0 Å². The van der Waals surface area contributed by atoms with Crippen molar-refractivity contribution in [1.82, 2.24) is 10.3 Å². The Balaban J connectivity index is 0.00000364. The van der Waals surface area contributed by atoms with Crippen LogP contribution in [0.1, 0.15) is 23.7 Å². The number of benzene rings is 1. The second-order valence-electron chi connectivity index (χ2n) is 5.77. The number of aliphatic imine (C=N–C) groups is 1. The monoisotopic (exact) mass is 484 g/mol. The fourth-order valence-electron chi connectivity index (χ4n) is 2.37. The highest BCUT2D eigenvalue weighted by Crippen LogP contribution is 2.08. The normalized spacial score (nSPS) is 11.1. The molecule has 0 aliphatic rings. The first-order chi connectivity index (χ1) is 12.8. The van der Waals surface area contributed by atoms with E-state index in [4.69, 9.17) is 15.2 Å². The zero-order chi connectivity index (χ0) is 18.5. The van der Waals surface area contributed by atoms with Crippen LogP contribution < -0.4 is 11.1 Å². The van der Waals surface area contributed by atoms with Gasteiger partial charge in [0.1, 0.15) is 0 Å². The van der Waals surface area contributed by atoms with Gasteiger partial charge >= 0.3 is 0 Å². The van der Waals surface area contributed by atoms with E-state index in [0.717, 1.165) is 23.2 Å². The van der Waals surface area contributed by atoms with Gasteiger partial charge < -0.3 is 20.5 Å². The van der Waals surface area contributed by atoms with Crippen molar-refractivity contribution in [3.63, 3.8) is 0 Å². The number of hydrogen-bond acceptors (Lipinski definition) is 4. The van der Waals surface area contributed by atoms with Gasteiger partial charge in [-0.2, -0.15) is 0 Å². The van der Waals surface area contributed by atoms with Crippen LogP contribution in [0.5, 0.6) is 0 Å². The maximum atomic E-state index is 5.93. The molecular formula is C20H29IN4O2. The number of nitrogens with one attached hydrogen (secondary N) is 1. The molecule has 2 rings (SSSR count). The van der Waals surface area contributed by atoms with E-state index in [1.807, 2.05) is 43.3 Å². The summed E-state index contributed by atoms with van der Waals surface area (Å²) in [5.74, 6) is 0.444. The smallest absolute Gasteiger partial charge is 0.188 e. The lowest BCUT2D eigenvalue weighted by atomic mass is 10.1. The summed E-state index contributed by atoms with van der Waals surface area (Å²) in [6, 6.07) is 14.1. The Hall–Kier alpha value is -1.71. The molecule has 27 heavy (non-hydrogen) atoms. The van der Waals surface area contributed by atoms with Crippen molar-refractivity contribution in [3.8, 4) is 0 Å². The third-order valence-electron chi connectivity index (χ3n) is 3.68. The first-order valence-electron chi connectivity index (χ1n) is 8.95. The van der Waals surface area contributed by atoms with E-state index in [-0.39, 0.29) is 24.0 Å². The first-order valence-corrected chi connectivity index (χ1v) is 8.95. The van der Waals surface area contributed by atoms with E-state index in [0.29, 0.717) is 45.5 Å². The molecule has 148 valence electrons. The fourth-order valence-corrected chi connectivity index (χ4v) is 2.37. The predicted octanol–water partition coefficient (Wildman–Crippen LogP) is 2.90. The molecule has 0 unspecified atom stereocenters. The van der Waals surface area contributed by atoms with Crippen molar-refractivity contribution in [2.24, 2.45) is 10.7 Å². The van der Waals surface area contributed by atoms with E-state index >= 15 is 0 Å². The van der Waals surface area contributed by atoms with Gasteiger partial charge in [-0.25, -0.2) is 4.99 Å². The van der Waals surface area contributed by atoms with Crippen LogP contribution >= 0.6 is 24.0 Å². The minimum Gasteiger partial charge on any atom is -0.379 e. The molecule has 0 saturated heterocycles. The minimum absolute atomic E-state index is 0. The lowest BCUT2D eigenvalue weighted by Crippen LogP contribution is -2.33. The van der Waals surface area contributed by atoms with Gasteiger partial charge in [-0.1, -0.05) is 30.3 Å². The molecule has 0 fully saturated rings. The number of hydrogen-bond donors (Lipinski definition) is 2. The SMILES string of the molecule is CCOCCOCc1cccc(CN=C(N)NCCc2ccccn2)c1.I. The van der Waals surface area contributed by atoms with Gasteiger partial charge in [0.25, 0.3) is 0 Å². The molecule has 0 spiro atoms. The third kappa shape index (κ3) is 10.3. The second-order valence-corrected chi connectivity index (χ2v) is 5.77. The molecule has 3 N–H and O–H groups in total. The summed E-state index contributed by atoms with van der Waals surface area (Å²) in [6.07, 6.45) is 2.60. The molecule has 1 heterocycles. The highest BCUT2D eigenvalue weighted by Gasteiger charge is 1.98. The van der Waals surface area contributed by atoms with Gasteiger partial charge in [0.15, 0.2) is 5.96 Å². The quantitative estimate of drug-likeness (QED) is 0.222. The highest BCUT2D eigenvalue weighted by atomic mass is 127. The molecule has 0 atom stereocenters. The average molecular weight is 484 g/mol. The van der Waals surface area contributed by atoms with E-state index in [2.05, 4.69) is 21.4 Å². The van der Waals surface area contributed by atoms with E-state index in [1.165, 1.54) is 0 Å². The molecular weight excluding hydrogens is 455 g/mol. The Kier molecular flexibility index (Phi) is 12.4. The fraction of sp³-hybridized carbons (Fsp3) is 0.400. The molecule has 2 aromatic rings. The number of aromatic nitrogens is 1. The summed E-state index contributed by atoms with van der Waals surface area (Å²) in [6.45, 7) is 5.74. The number of rotatable bonds is 11. The Morgan fingerprint density at radius 2 is 1.93 bits per heavy atom. The molecule has 6 nitrogen and oxygen atoms in total. The molecule has 0 aliphatic heterocycles. The lowest BCUT2D eigenvalue weighted by Gasteiger charge is -2.07. The molecule has 1 aromatic carbocycles. The van der Waals surface area contributed by atoms with Crippen molar-refractivity contribution in [3.05, 3.63) is 65.5 Å². The van der Waals surface area contributed by atoms with Crippen LogP contribution in [0.3, 0.4) is 0 Å². The second kappa shape index (κ2) is 14.4. The van der Waals surface area contributed by atoms with Crippen LogP contribution in [0.25, 0.3) is 0 Å². The number of nitrogens with zero attached hydrogens (tertiary/aromatic N) is 2. The van der Waals surface area contributed by atoms with E-state index < -0.39 is 0 Å². The number of guanidine groups is 1. The summed E-state index contributed by atoms with van der Waals surface area (Å²) in [5.41, 5.74) is 9.19. The predicted molar refractivity (Wildman–Crippen MR) is 119 cm³/mol. The standard InChI is InChI=1S/C20H28N4O2.HI/c1-2-25-12-13-26-16-18-7-5-6-17(14-18)15-24-20(21)23-11-9-19-8-3-4-10-22-19;/h3-8,10,14H,2,9,11-13,15-16H2,1H3,(H3,21,23,24);1H. The van der Waals surface area contributed by atoms with Crippen LogP contribution in [0.15, 0.2) is 53.7 Å². The van der Waals surface area contributed by atoms with Crippen LogP contribution in [0.2, 0.25) is 0 Å². The van der Waals surface area contributed by atoms with Crippen molar-refractivity contribution in [2.45, 2.75) is 26.5 Å². The van der Waals surface area contributed by atoms with Crippen molar-refractivity contribution < 1.29 is 9.47 Å². The highest BCUT2D eigenvalue weighted by molar-refractivity contribution is 14.0. The summed E-state index contributed by atoms with van der Waals surface area (Å²) in [4.78, 5) is 8.67. The van der Waals surface area contributed by atoms with Crippen LogP contribution in [-0.4, -0.2) is 37.3 Å². The van der Waals surface area contributed by atoms with Crippen LogP contribution in [0, 0.1) is 0 Å². The maximum absolute atomic E-state index is 5.93. The van der Waals surface area contributed by atoms with Gasteiger partial charge in [-0.3, -0.25) is 4.98 Å². The zero-order valence-corrected chi connectivity index (χ0v) is 18.1. The average Bonchev–Trinajstić information content (AvgIpc) is 2.67. The van der Waals surface area contributed by atoms with Gasteiger partial charge in [0.05, 0.1) is 26.4 Å². The summed E-state index contributed by atoms with van der Waals surface area (Å²) in [7, 11) is 0. The number of ether oxygens (including phenoxy) is 2. The van der Waals surface area contributed by atoms with Crippen molar-refractivity contribution in [2.75, 3.05) is 26.4 Å². The van der Waals surface area contributed by atoms with Gasteiger partial charge in [-0.15, -0.1) is 24.0 Å². The first kappa shape index (κ1) is 23.3. The molecule has 7 heteroatoms. The number of pyridine rings is 1. The van der Waals surface area contributed by atoms with Gasteiger partial charge in [0.2, 0.25) is 0 Å². The third-order valence-corrected chi connectivity index (χ3v) is 3.68. The van der Waals surface area contributed by atoms with E-state index in [9.17, 15) is 0 Å². The minimum atomic E-state index is 0. The van der Waals surface area contributed by atoms with E-state index in [1.54, 1.807) is 6.20 Å². The van der Waals surface area contributed by atoms with Gasteiger partial charge in [0, 0.05) is 31.5 Å². The Morgan fingerprint density at radius 1 is 1.11 bits per heavy atom. The zero-order valence-electron chi connectivity index (χ0n) is 15.8. The molecule has 0 radical (unpaired) electrons. The van der Waals surface area contributed by atoms with Gasteiger partial charge in [-0.05, 0) is 30.2 Å². The largest absolute Gasteiger partial charge is 0.379 e. The molecule has 0 aliphatic carbocycles. The van der Waals surface area contributed by atoms with Crippen molar-refractivity contribution in [1.29, 1.82) is 0 Å². The summed E-state index contributed by atoms with van der Waals surface area (Å²) >= 11 is 0. The van der Waals surface area contributed by atoms with Crippen LogP contribution in [-0.2, 0) is 29.0 Å². The maximum Gasteiger partial charge on any atom is 0.188 e. The lowest BCUT2D eigenvalue weighted by molar-refractivity contribution is 0.0453. The molecule has 0 amide bonds. The molecule has 0 bridgehead atoms. The van der Waals surface area contributed by atoms with Crippen molar-refractivity contribution >= 4 is 29.9 Å². The summed E-state index contributed by atoms with van der Waals surface area (Å²) < 4.78 is 10.8. The Bertz CT molecular complexity index is 668. The molecule has 1 aromatic heterocycles. The Morgan fingerprint density at radius 3 is 2.70 bits per heavy atom. The summed E-state index contributed by atoms with van der Waals surface area (Å²) in [5, 5.41) is 3.12. The number of halogens is 1. The topological polar surface area (TPSA) is 81.8 Å². The number of nitrogens with two attached hydrogens (primary N) is 1. The Labute approximate surface area is 178 Å². The molecule has 0 saturated carbocycles.